The summed E-state index contributed by atoms with van der Waals surface area (Å²) in [5.41, 5.74) is 0. The molecule has 0 aromatic carbocycles. The number of nitro groups is 1. The first kappa shape index (κ1) is 11.7. The standard InChI is InChI=1S/C2HN5O4.K/c8-1(9)2(7(10)11)3-5-6-4-2;/h(H,8,9);/q;+1/p-1. The van der Waals surface area contributed by atoms with Crippen molar-refractivity contribution < 1.29 is 66.2 Å². The summed E-state index contributed by atoms with van der Waals surface area (Å²) >= 11 is 0. The van der Waals surface area contributed by atoms with Gasteiger partial charge in [0, 0.05) is 0 Å². The van der Waals surface area contributed by atoms with Gasteiger partial charge in [-0.05, 0) is 10.4 Å². The summed E-state index contributed by atoms with van der Waals surface area (Å²) in [6.07, 6.45) is 0. The first-order valence-electron chi connectivity index (χ1n) is 2.29. The molecule has 1 rings (SSSR count). The van der Waals surface area contributed by atoms with Gasteiger partial charge in [-0.3, -0.25) is 10.1 Å². The monoisotopic (exact) mass is 197 g/mol. The van der Waals surface area contributed by atoms with E-state index >= 15 is 0 Å². The van der Waals surface area contributed by atoms with Crippen LogP contribution in [0.15, 0.2) is 20.7 Å². The molecule has 10 heteroatoms. The van der Waals surface area contributed by atoms with E-state index in [-0.39, 0.29) is 51.4 Å². The Kier molecular flexibility index (Phi) is 3.99. The fourth-order valence-electron chi connectivity index (χ4n) is 0.414. The van der Waals surface area contributed by atoms with Crippen molar-refractivity contribution >= 4 is 5.97 Å². The van der Waals surface area contributed by atoms with Crippen molar-refractivity contribution in [3.05, 3.63) is 10.1 Å². The molecule has 0 spiro atoms. The summed E-state index contributed by atoms with van der Waals surface area (Å²) in [5, 5.41) is 30.9. The molecule has 1 heterocycles. The summed E-state index contributed by atoms with van der Waals surface area (Å²) in [6, 6.07) is 0. The van der Waals surface area contributed by atoms with Gasteiger partial charge in [0.2, 0.25) is 0 Å². The van der Waals surface area contributed by atoms with Crippen molar-refractivity contribution in [2.24, 2.45) is 20.7 Å². The van der Waals surface area contributed by atoms with Crippen molar-refractivity contribution in [3.63, 3.8) is 0 Å². The average Bonchev–Trinajstić information content (AvgIpc) is 2.34. The molecule has 0 atom stereocenters. The second kappa shape index (κ2) is 4.09. The maximum absolute atomic E-state index is 10.1. The largest absolute Gasteiger partial charge is 1.00 e. The number of carboxylic acid groups (broad SMARTS) is 1. The van der Waals surface area contributed by atoms with Crippen LogP contribution in [0.4, 0.5) is 0 Å². The predicted octanol–water partition coefficient (Wildman–Crippen LogP) is -4.50. The summed E-state index contributed by atoms with van der Waals surface area (Å²) < 4.78 is 0. The van der Waals surface area contributed by atoms with Gasteiger partial charge in [0.25, 0.3) is 0 Å². The molecule has 0 aliphatic carbocycles. The van der Waals surface area contributed by atoms with Crippen LogP contribution in [0.5, 0.6) is 0 Å². The van der Waals surface area contributed by atoms with Gasteiger partial charge < -0.3 is 9.90 Å². The van der Waals surface area contributed by atoms with Crippen molar-refractivity contribution in [2.75, 3.05) is 0 Å². The zero-order chi connectivity index (χ0) is 8.48. The van der Waals surface area contributed by atoms with Crippen LogP contribution >= 0.6 is 0 Å². The number of nitrogens with zero attached hydrogens (tertiary/aromatic N) is 5. The Morgan fingerprint density at radius 2 is 1.75 bits per heavy atom. The molecule has 0 fully saturated rings. The first-order chi connectivity index (χ1) is 5.09. The third-order valence-electron chi connectivity index (χ3n) is 0.937. The van der Waals surface area contributed by atoms with Crippen LogP contribution in [0.3, 0.4) is 0 Å². The fourth-order valence-corrected chi connectivity index (χ4v) is 0.414. The van der Waals surface area contributed by atoms with E-state index in [2.05, 4.69) is 20.7 Å². The van der Waals surface area contributed by atoms with Gasteiger partial charge in [-0.1, -0.05) is 10.2 Å². The molecule has 9 nitrogen and oxygen atoms in total. The number of carboxylic acids is 1. The topological polar surface area (TPSA) is 133 Å². The summed E-state index contributed by atoms with van der Waals surface area (Å²) in [5.74, 6) is -4.92. The average molecular weight is 197 g/mol. The Morgan fingerprint density at radius 3 is 1.92 bits per heavy atom. The van der Waals surface area contributed by atoms with Crippen molar-refractivity contribution in [2.45, 2.75) is 5.79 Å². The van der Waals surface area contributed by atoms with E-state index in [1.54, 1.807) is 0 Å². The van der Waals surface area contributed by atoms with Crippen molar-refractivity contribution in [1.29, 1.82) is 0 Å². The van der Waals surface area contributed by atoms with E-state index in [4.69, 9.17) is 0 Å². The molecule has 0 aromatic rings. The number of rotatable bonds is 2. The molecular weight excluding hydrogens is 197 g/mol. The molecule has 12 heavy (non-hydrogen) atoms. The van der Waals surface area contributed by atoms with Gasteiger partial charge in [0.15, 0.2) is 5.97 Å². The molecule has 0 amide bonds. The second-order valence-electron chi connectivity index (χ2n) is 1.56. The molecule has 0 radical (unpaired) electrons. The Bertz CT molecular complexity index is 245. The van der Waals surface area contributed by atoms with Crippen LogP contribution in [-0.2, 0) is 4.79 Å². The molecule has 0 saturated heterocycles. The normalized spacial score (nSPS) is 17.0. The Labute approximate surface area is 107 Å². The molecule has 1 aliphatic rings. The number of hydrogen-bond acceptors (Lipinski definition) is 8. The fraction of sp³-hybridized carbons (Fsp3) is 0.500. The predicted molar refractivity (Wildman–Crippen MR) is 24.4 cm³/mol. The van der Waals surface area contributed by atoms with Gasteiger partial charge >= 0.3 is 57.2 Å². The maximum Gasteiger partial charge on any atom is 1.00 e. The minimum atomic E-state index is -2.86. The minimum Gasteiger partial charge on any atom is -0.540 e. The van der Waals surface area contributed by atoms with E-state index in [9.17, 15) is 20.0 Å². The SMILES string of the molecule is O=C([O-])C1([N+](=O)[O-])N=NN=N1.[K+]. The van der Waals surface area contributed by atoms with E-state index in [1.165, 1.54) is 0 Å². The van der Waals surface area contributed by atoms with Gasteiger partial charge in [0.1, 0.15) is 0 Å². The van der Waals surface area contributed by atoms with E-state index in [0.717, 1.165) is 0 Å². The zero-order valence-corrected chi connectivity index (χ0v) is 8.99. The smallest absolute Gasteiger partial charge is 0.540 e. The molecule has 58 valence electrons. The molecule has 1 aliphatic heterocycles. The van der Waals surface area contributed by atoms with Crippen LogP contribution in [0.25, 0.3) is 0 Å². The maximum atomic E-state index is 10.1. The van der Waals surface area contributed by atoms with Crippen LogP contribution in [-0.4, -0.2) is 16.7 Å². The van der Waals surface area contributed by atoms with Crippen LogP contribution in [0.2, 0.25) is 0 Å². The number of carbonyl (C=O) groups is 1. The van der Waals surface area contributed by atoms with Gasteiger partial charge in [-0.25, -0.2) is 0 Å². The Morgan fingerprint density at radius 1 is 1.33 bits per heavy atom. The Balaban J connectivity index is 0.00000121. The van der Waals surface area contributed by atoms with Crippen LogP contribution in [0.1, 0.15) is 0 Å². The van der Waals surface area contributed by atoms with Crippen molar-refractivity contribution in [1.82, 2.24) is 0 Å². The Hall–Kier alpha value is -0.294. The molecule has 0 bridgehead atoms. The number of aliphatic carboxylic acids is 1. The molecule has 0 aromatic heterocycles. The third-order valence-corrected chi connectivity index (χ3v) is 0.937. The second-order valence-corrected chi connectivity index (χ2v) is 1.56. The molecule has 0 N–H and O–H groups in total. The van der Waals surface area contributed by atoms with Crippen molar-refractivity contribution in [3.8, 4) is 0 Å². The van der Waals surface area contributed by atoms with Crippen LogP contribution < -0.4 is 56.5 Å². The van der Waals surface area contributed by atoms with Gasteiger partial charge in [-0.15, -0.1) is 0 Å². The first-order valence-corrected chi connectivity index (χ1v) is 2.29. The number of carbonyl (C=O) groups excluding carboxylic acids is 1. The molecular formula is C2KN5O4. The number of hydrogen-bond donors (Lipinski definition) is 0. The van der Waals surface area contributed by atoms with Crippen LogP contribution in [0, 0.1) is 10.1 Å². The van der Waals surface area contributed by atoms with E-state index in [0.29, 0.717) is 0 Å². The summed E-state index contributed by atoms with van der Waals surface area (Å²) in [7, 11) is 0. The molecule has 0 unspecified atom stereocenters. The minimum absolute atomic E-state index is 0. The third kappa shape index (κ3) is 1.72. The zero-order valence-electron chi connectivity index (χ0n) is 5.87. The molecule has 0 saturated carbocycles. The van der Waals surface area contributed by atoms with Gasteiger partial charge in [-0.2, -0.15) is 0 Å². The van der Waals surface area contributed by atoms with E-state index < -0.39 is 16.7 Å². The van der Waals surface area contributed by atoms with Gasteiger partial charge in [0.05, 0.1) is 4.92 Å². The van der Waals surface area contributed by atoms with E-state index in [1.807, 2.05) is 0 Å². The summed E-state index contributed by atoms with van der Waals surface area (Å²) in [6.45, 7) is 0. The quantitative estimate of drug-likeness (QED) is 0.250. The summed E-state index contributed by atoms with van der Waals surface area (Å²) in [4.78, 5) is 18.9.